The zero-order chi connectivity index (χ0) is 18.1. The summed E-state index contributed by atoms with van der Waals surface area (Å²) in [7, 11) is 1.57. The van der Waals surface area contributed by atoms with Crippen LogP contribution in [0.1, 0.15) is 18.7 Å². The van der Waals surface area contributed by atoms with E-state index in [1.807, 2.05) is 37.4 Å². The highest BCUT2D eigenvalue weighted by Gasteiger charge is 2.39. The van der Waals surface area contributed by atoms with Crippen molar-refractivity contribution < 1.29 is 9.53 Å². The maximum Gasteiger partial charge on any atom is 0.248 e. The van der Waals surface area contributed by atoms with Crippen molar-refractivity contribution in [2.24, 2.45) is 10.9 Å². The number of H-pyrrole nitrogens is 1. The van der Waals surface area contributed by atoms with Crippen LogP contribution in [0, 0.1) is 5.92 Å². The summed E-state index contributed by atoms with van der Waals surface area (Å²) in [6.45, 7) is 1.83. The van der Waals surface area contributed by atoms with Gasteiger partial charge >= 0.3 is 0 Å². The second kappa shape index (κ2) is 6.47. The fraction of sp³-hybridized carbons (Fsp3) is 0.222. The van der Waals surface area contributed by atoms with Gasteiger partial charge in [0.1, 0.15) is 24.0 Å². The zero-order valence-corrected chi connectivity index (χ0v) is 14.4. The molecular formula is C18H18N6O2. The van der Waals surface area contributed by atoms with Crippen LogP contribution in [-0.2, 0) is 4.79 Å². The fourth-order valence-corrected chi connectivity index (χ4v) is 3.25. The Labute approximate surface area is 149 Å². The first-order valence-electron chi connectivity index (χ1n) is 8.21. The number of methoxy groups -OCH3 is 1. The third-order valence-corrected chi connectivity index (χ3v) is 4.45. The van der Waals surface area contributed by atoms with E-state index in [-0.39, 0.29) is 11.9 Å². The van der Waals surface area contributed by atoms with Gasteiger partial charge in [-0.15, -0.1) is 0 Å². The number of para-hydroxylation sites is 2. The number of anilines is 1. The summed E-state index contributed by atoms with van der Waals surface area (Å²) in [4.78, 5) is 25.0. The zero-order valence-electron chi connectivity index (χ0n) is 14.4. The van der Waals surface area contributed by atoms with Crippen molar-refractivity contribution in [3.63, 3.8) is 0 Å². The smallest absolute Gasteiger partial charge is 0.248 e. The molecule has 2 aromatic heterocycles. The van der Waals surface area contributed by atoms with Crippen LogP contribution in [0.2, 0.25) is 0 Å². The van der Waals surface area contributed by atoms with Crippen LogP contribution < -0.4 is 10.1 Å². The summed E-state index contributed by atoms with van der Waals surface area (Å²) in [6, 6.07) is 10.8. The number of hydrogen-bond donors (Lipinski definition) is 2. The first-order valence-corrected chi connectivity index (χ1v) is 8.21. The highest BCUT2D eigenvalue weighted by atomic mass is 16.5. The number of amides is 1. The van der Waals surface area contributed by atoms with Gasteiger partial charge in [-0.25, -0.2) is 9.67 Å². The molecule has 1 aliphatic rings. The van der Waals surface area contributed by atoms with E-state index < -0.39 is 5.92 Å². The molecule has 0 bridgehead atoms. The number of nitrogens with one attached hydrogen (secondary N) is 2. The lowest BCUT2D eigenvalue weighted by Crippen LogP contribution is -2.39. The first-order chi connectivity index (χ1) is 12.7. The number of aromatic amines is 1. The number of benzene rings is 1. The molecule has 0 saturated heterocycles. The molecular weight excluding hydrogens is 332 g/mol. The molecule has 4 rings (SSSR count). The van der Waals surface area contributed by atoms with Crippen molar-refractivity contribution in [2.45, 2.75) is 13.0 Å². The average molecular weight is 350 g/mol. The topological polar surface area (TPSA) is 97.2 Å². The van der Waals surface area contributed by atoms with Gasteiger partial charge in [0.15, 0.2) is 0 Å². The second-order valence-corrected chi connectivity index (χ2v) is 6.00. The largest absolute Gasteiger partial charge is 0.495 e. The predicted molar refractivity (Wildman–Crippen MR) is 96.8 cm³/mol. The van der Waals surface area contributed by atoms with E-state index in [1.165, 1.54) is 6.33 Å². The Morgan fingerprint density at radius 2 is 2.12 bits per heavy atom. The average Bonchev–Trinajstić information content (AvgIpc) is 3.32. The van der Waals surface area contributed by atoms with Crippen molar-refractivity contribution in [3.05, 3.63) is 54.6 Å². The van der Waals surface area contributed by atoms with Crippen molar-refractivity contribution in [1.82, 2.24) is 19.7 Å². The van der Waals surface area contributed by atoms with Crippen molar-refractivity contribution in [2.75, 3.05) is 12.4 Å². The standard InChI is InChI=1S/C18H18N6O2/c1-11-15(17(25)23-12-6-3-4-8-14(12)26-2)16(13-7-5-9-19-13)24-18(22-11)20-10-21-24/h3-10,15-16,19H,1-2H3,(H,23,25). The summed E-state index contributed by atoms with van der Waals surface area (Å²) < 4.78 is 7.00. The molecule has 3 aromatic rings. The Hall–Kier alpha value is -3.42. The van der Waals surface area contributed by atoms with Gasteiger partial charge in [-0.3, -0.25) is 4.79 Å². The van der Waals surface area contributed by atoms with Gasteiger partial charge in [-0.1, -0.05) is 12.1 Å². The third kappa shape index (κ3) is 2.65. The Bertz CT molecular complexity index is 960. The number of fused-ring (bicyclic) bond motifs is 1. The summed E-state index contributed by atoms with van der Waals surface area (Å²) in [5, 5.41) is 7.23. The normalized spacial score (nSPS) is 18.8. The van der Waals surface area contributed by atoms with Crippen molar-refractivity contribution in [3.8, 4) is 5.75 Å². The summed E-state index contributed by atoms with van der Waals surface area (Å²) in [6.07, 6.45) is 3.27. The lowest BCUT2D eigenvalue weighted by atomic mass is 9.90. The van der Waals surface area contributed by atoms with E-state index in [0.717, 1.165) is 5.69 Å². The molecule has 2 atom stereocenters. The summed E-state index contributed by atoms with van der Waals surface area (Å²) in [5.41, 5.74) is 2.16. The molecule has 2 N–H and O–H groups in total. The Balaban J connectivity index is 1.72. The molecule has 0 spiro atoms. The molecule has 0 aliphatic carbocycles. The Morgan fingerprint density at radius 1 is 1.27 bits per heavy atom. The minimum atomic E-state index is -0.534. The van der Waals surface area contributed by atoms with Crippen LogP contribution in [-0.4, -0.2) is 38.5 Å². The van der Waals surface area contributed by atoms with Gasteiger partial charge in [-0.2, -0.15) is 10.1 Å². The van der Waals surface area contributed by atoms with Gasteiger partial charge in [0.25, 0.3) is 0 Å². The summed E-state index contributed by atoms with van der Waals surface area (Å²) in [5.74, 6) is 0.372. The molecule has 0 saturated carbocycles. The quantitative estimate of drug-likeness (QED) is 0.756. The lowest BCUT2D eigenvalue weighted by molar-refractivity contribution is -0.118. The Kier molecular flexibility index (Phi) is 4.00. The van der Waals surface area contributed by atoms with Gasteiger partial charge < -0.3 is 15.0 Å². The van der Waals surface area contributed by atoms with Crippen LogP contribution >= 0.6 is 0 Å². The molecule has 8 nitrogen and oxygen atoms in total. The number of aliphatic imine (C=N–C) groups is 1. The molecule has 1 aliphatic heterocycles. The first kappa shape index (κ1) is 16.1. The highest BCUT2D eigenvalue weighted by molar-refractivity contribution is 6.10. The molecule has 2 unspecified atom stereocenters. The molecule has 0 radical (unpaired) electrons. The van der Waals surface area contributed by atoms with E-state index in [9.17, 15) is 4.79 Å². The van der Waals surface area contributed by atoms with Crippen LogP contribution in [0.4, 0.5) is 11.6 Å². The molecule has 8 heteroatoms. The number of carbonyl (C=O) groups is 1. The monoisotopic (exact) mass is 350 g/mol. The molecule has 3 heterocycles. The highest BCUT2D eigenvalue weighted by Crippen LogP contribution is 2.35. The predicted octanol–water partition coefficient (Wildman–Crippen LogP) is 2.57. The number of nitrogens with zero attached hydrogens (tertiary/aromatic N) is 4. The number of aromatic nitrogens is 4. The van der Waals surface area contributed by atoms with Gasteiger partial charge in [-0.05, 0) is 31.2 Å². The molecule has 26 heavy (non-hydrogen) atoms. The number of rotatable bonds is 4. The van der Waals surface area contributed by atoms with Gasteiger partial charge in [0.2, 0.25) is 11.9 Å². The van der Waals surface area contributed by atoms with Crippen LogP contribution in [0.3, 0.4) is 0 Å². The maximum absolute atomic E-state index is 13.2. The Morgan fingerprint density at radius 3 is 2.88 bits per heavy atom. The van der Waals surface area contributed by atoms with Gasteiger partial charge in [0.05, 0.1) is 12.8 Å². The van der Waals surface area contributed by atoms with E-state index >= 15 is 0 Å². The minimum Gasteiger partial charge on any atom is -0.495 e. The maximum atomic E-state index is 13.2. The van der Waals surface area contributed by atoms with E-state index in [4.69, 9.17) is 4.74 Å². The van der Waals surface area contributed by atoms with Crippen LogP contribution in [0.5, 0.6) is 5.75 Å². The van der Waals surface area contributed by atoms with E-state index in [2.05, 4.69) is 25.4 Å². The summed E-state index contributed by atoms with van der Waals surface area (Å²) >= 11 is 0. The lowest BCUT2D eigenvalue weighted by Gasteiger charge is -2.29. The van der Waals surface area contributed by atoms with Crippen molar-refractivity contribution in [1.29, 1.82) is 0 Å². The minimum absolute atomic E-state index is 0.184. The van der Waals surface area contributed by atoms with E-state index in [0.29, 0.717) is 23.1 Å². The molecule has 132 valence electrons. The van der Waals surface area contributed by atoms with Crippen molar-refractivity contribution >= 4 is 23.3 Å². The molecule has 0 fully saturated rings. The molecule has 1 amide bonds. The SMILES string of the molecule is COc1ccccc1NC(=O)C1C(C)=Nc2ncnn2C1c1ccc[nH]1. The van der Waals surface area contributed by atoms with Crippen LogP contribution in [0.25, 0.3) is 0 Å². The van der Waals surface area contributed by atoms with E-state index in [1.54, 1.807) is 23.9 Å². The van der Waals surface area contributed by atoms with Crippen LogP contribution in [0.15, 0.2) is 53.9 Å². The fourth-order valence-electron chi connectivity index (χ4n) is 3.25. The van der Waals surface area contributed by atoms with Gasteiger partial charge in [0, 0.05) is 17.6 Å². The number of hydrogen-bond acceptors (Lipinski definition) is 5. The second-order valence-electron chi connectivity index (χ2n) is 6.00. The molecule has 1 aromatic carbocycles. The third-order valence-electron chi connectivity index (χ3n) is 4.45. The number of carbonyl (C=O) groups excluding carboxylic acids is 1. The number of ether oxygens (including phenoxy) is 1.